The van der Waals surface area contributed by atoms with Gasteiger partial charge in [-0.2, -0.15) is 5.26 Å². The average Bonchev–Trinajstić information content (AvgIpc) is 2.85. The first-order chi connectivity index (χ1) is 17.3. The summed E-state index contributed by atoms with van der Waals surface area (Å²) in [6.07, 6.45) is 1.49. The normalized spacial score (nSPS) is 17.6. The number of benzene rings is 2. The Hall–Kier alpha value is -4.32. The van der Waals surface area contributed by atoms with E-state index in [2.05, 4.69) is 6.07 Å². The minimum Gasteiger partial charge on any atom is -0.494 e. The van der Waals surface area contributed by atoms with Crippen molar-refractivity contribution in [2.24, 2.45) is 5.73 Å². The fourth-order valence-electron chi connectivity index (χ4n) is 4.92. The third-order valence-electron chi connectivity index (χ3n) is 6.46. The number of carbonyl (C=O) groups is 1. The zero-order chi connectivity index (χ0) is 26.0. The zero-order valence-electron chi connectivity index (χ0n) is 20.5. The van der Waals surface area contributed by atoms with Gasteiger partial charge in [0.15, 0.2) is 5.78 Å². The Morgan fingerprint density at radius 2 is 1.92 bits per heavy atom. The van der Waals surface area contributed by atoms with Crippen molar-refractivity contribution in [2.45, 2.75) is 46.0 Å². The van der Waals surface area contributed by atoms with E-state index in [1.807, 2.05) is 20.8 Å². The van der Waals surface area contributed by atoms with Crippen molar-refractivity contribution in [3.63, 3.8) is 0 Å². The number of carbonyl (C=O) groups excluding carboxylic acids is 1. The number of ketones is 1. The van der Waals surface area contributed by atoms with E-state index < -0.39 is 10.8 Å². The molecule has 1 aliphatic carbocycles. The van der Waals surface area contributed by atoms with Crippen LogP contribution in [0.5, 0.6) is 11.5 Å². The number of anilines is 1. The van der Waals surface area contributed by atoms with Crippen LogP contribution in [-0.2, 0) is 4.79 Å². The average molecular weight is 489 g/mol. The molecule has 0 saturated carbocycles. The van der Waals surface area contributed by atoms with E-state index in [1.165, 1.54) is 12.1 Å². The molecular weight excluding hydrogens is 460 g/mol. The molecule has 0 spiro atoms. The number of allylic oxidation sites excluding steroid dienone is 3. The van der Waals surface area contributed by atoms with Gasteiger partial charge in [-0.25, -0.2) is 0 Å². The first kappa shape index (κ1) is 24.8. The van der Waals surface area contributed by atoms with Gasteiger partial charge in [0.2, 0.25) is 0 Å². The van der Waals surface area contributed by atoms with Crippen molar-refractivity contribution >= 4 is 17.2 Å². The van der Waals surface area contributed by atoms with Crippen LogP contribution in [0, 0.1) is 28.4 Å². The number of nitrogens with zero attached hydrogens (tertiary/aromatic N) is 3. The number of nitrogens with two attached hydrogens (primary N) is 1. The summed E-state index contributed by atoms with van der Waals surface area (Å²) in [7, 11) is 0. The minimum absolute atomic E-state index is 0.0844. The second kappa shape index (κ2) is 10.1. The summed E-state index contributed by atoms with van der Waals surface area (Å²) in [5.41, 5.74) is 9.69. The molecule has 9 nitrogen and oxygen atoms in total. The standard InChI is InChI=1S/C27H28N4O5/c1-4-35-18-11-12-24(36-5-2)19(14-18)25-20(15-28)27(29)30(21-7-6-8-23(32)26(21)25)22-13-17(31(33)34)10-9-16(22)3/h9-14,25H,4-8,29H2,1-3H3/t25-/m0/s1. The van der Waals surface area contributed by atoms with Gasteiger partial charge in [-0.05, 0) is 57.4 Å². The van der Waals surface area contributed by atoms with E-state index >= 15 is 0 Å². The molecule has 4 rings (SSSR count). The lowest BCUT2D eigenvalue weighted by molar-refractivity contribution is -0.384. The van der Waals surface area contributed by atoms with Gasteiger partial charge < -0.3 is 15.2 Å². The Kier molecular flexibility index (Phi) is 6.97. The highest BCUT2D eigenvalue weighted by Crippen LogP contribution is 2.49. The van der Waals surface area contributed by atoms with Crippen molar-refractivity contribution in [1.82, 2.24) is 0 Å². The van der Waals surface area contributed by atoms with Gasteiger partial charge >= 0.3 is 0 Å². The maximum Gasteiger partial charge on any atom is 0.271 e. The van der Waals surface area contributed by atoms with E-state index in [0.717, 1.165) is 5.56 Å². The van der Waals surface area contributed by atoms with E-state index in [-0.39, 0.29) is 22.9 Å². The SMILES string of the molecule is CCOc1ccc(OCC)c([C@H]2C(C#N)=C(N)N(c3cc([N+](=O)[O-])ccc3C)C3=C2C(=O)CCC3)c1. The van der Waals surface area contributed by atoms with Crippen LogP contribution in [0.15, 0.2) is 59.1 Å². The Labute approximate surface area is 209 Å². The number of aryl methyl sites for hydroxylation is 1. The molecule has 0 radical (unpaired) electrons. The number of Topliss-reactive ketones (excluding diaryl/α,β-unsaturated/α-hetero) is 1. The lowest BCUT2D eigenvalue weighted by Crippen LogP contribution is -2.39. The minimum atomic E-state index is -0.741. The molecule has 0 unspecified atom stereocenters. The fraction of sp³-hybridized carbons (Fsp3) is 0.333. The molecule has 2 aromatic carbocycles. The molecule has 1 atom stereocenters. The van der Waals surface area contributed by atoms with Crippen molar-refractivity contribution in [1.29, 1.82) is 5.26 Å². The second-order valence-electron chi connectivity index (χ2n) is 8.61. The molecular formula is C27H28N4O5. The van der Waals surface area contributed by atoms with Crippen molar-refractivity contribution in [2.75, 3.05) is 18.1 Å². The topological polar surface area (TPSA) is 132 Å². The van der Waals surface area contributed by atoms with Crippen LogP contribution in [0.4, 0.5) is 11.4 Å². The number of ether oxygens (including phenoxy) is 2. The van der Waals surface area contributed by atoms with Crippen LogP contribution >= 0.6 is 0 Å². The Balaban J connectivity index is 2.01. The summed E-state index contributed by atoms with van der Waals surface area (Å²) in [6, 6.07) is 12.1. The quantitative estimate of drug-likeness (QED) is 0.425. The van der Waals surface area contributed by atoms with E-state index in [1.54, 1.807) is 29.2 Å². The third-order valence-corrected chi connectivity index (χ3v) is 6.46. The maximum absolute atomic E-state index is 13.5. The van der Waals surface area contributed by atoms with Crippen LogP contribution in [0.2, 0.25) is 0 Å². The lowest BCUT2D eigenvalue weighted by atomic mass is 9.75. The molecule has 2 aliphatic rings. The van der Waals surface area contributed by atoms with E-state index in [9.17, 15) is 20.2 Å². The highest BCUT2D eigenvalue weighted by atomic mass is 16.6. The molecule has 0 amide bonds. The number of nitriles is 1. The summed E-state index contributed by atoms with van der Waals surface area (Å²) < 4.78 is 11.6. The first-order valence-electron chi connectivity index (χ1n) is 11.9. The molecule has 0 bridgehead atoms. The number of hydrogen-bond donors (Lipinski definition) is 1. The van der Waals surface area contributed by atoms with E-state index in [0.29, 0.717) is 66.5 Å². The number of nitro groups is 1. The van der Waals surface area contributed by atoms with Crippen LogP contribution in [0.1, 0.15) is 50.2 Å². The van der Waals surface area contributed by atoms with Gasteiger partial charge in [-0.1, -0.05) is 6.07 Å². The van der Waals surface area contributed by atoms with Crippen LogP contribution in [0.25, 0.3) is 0 Å². The molecule has 1 aliphatic heterocycles. The summed E-state index contributed by atoms with van der Waals surface area (Å²) in [6.45, 7) is 6.40. The lowest BCUT2D eigenvalue weighted by Gasteiger charge is -2.40. The number of non-ortho nitro benzene ring substituents is 1. The van der Waals surface area contributed by atoms with Crippen LogP contribution < -0.4 is 20.1 Å². The Morgan fingerprint density at radius 3 is 2.58 bits per heavy atom. The van der Waals surface area contributed by atoms with Crippen molar-refractivity contribution < 1.29 is 19.2 Å². The number of hydrogen-bond acceptors (Lipinski definition) is 8. The molecule has 36 heavy (non-hydrogen) atoms. The summed E-state index contributed by atoms with van der Waals surface area (Å²) >= 11 is 0. The first-order valence-corrected chi connectivity index (χ1v) is 11.9. The van der Waals surface area contributed by atoms with Gasteiger partial charge in [0.05, 0.1) is 41.4 Å². The van der Waals surface area contributed by atoms with Gasteiger partial charge in [0.25, 0.3) is 5.69 Å². The van der Waals surface area contributed by atoms with E-state index in [4.69, 9.17) is 15.2 Å². The second-order valence-corrected chi connectivity index (χ2v) is 8.61. The van der Waals surface area contributed by atoms with Gasteiger partial charge in [0.1, 0.15) is 17.3 Å². The molecule has 9 heteroatoms. The third kappa shape index (κ3) is 4.26. The highest BCUT2D eigenvalue weighted by molar-refractivity contribution is 6.01. The Morgan fingerprint density at radius 1 is 1.17 bits per heavy atom. The molecule has 186 valence electrons. The summed E-state index contributed by atoms with van der Waals surface area (Å²) in [4.78, 5) is 26.1. The van der Waals surface area contributed by atoms with Gasteiger partial charge in [-0.3, -0.25) is 19.8 Å². The smallest absolute Gasteiger partial charge is 0.271 e. The Bertz CT molecular complexity index is 1340. The van der Waals surface area contributed by atoms with Crippen LogP contribution in [0.3, 0.4) is 0 Å². The number of rotatable bonds is 7. The molecule has 0 fully saturated rings. The zero-order valence-corrected chi connectivity index (χ0v) is 20.5. The maximum atomic E-state index is 13.5. The molecule has 2 N–H and O–H groups in total. The molecule has 2 aromatic rings. The molecule has 1 heterocycles. The predicted molar refractivity (Wildman–Crippen MR) is 135 cm³/mol. The monoisotopic (exact) mass is 488 g/mol. The van der Waals surface area contributed by atoms with Crippen LogP contribution in [-0.4, -0.2) is 23.9 Å². The van der Waals surface area contributed by atoms with Gasteiger partial charge in [0, 0.05) is 35.4 Å². The largest absolute Gasteiger partial charge is 0.494 e. The molecule has 0 saturated heterocycles. The van der Waals surface area contributed by atoms with Gasteiger partial charge in [-0.15, -0.1) is 0 Å². The predicted octanol–water partition coefficient (Wildman–Crippen LogP) is 5.01. The van der Waals surface area contributed by atoms with Crippen molar-refractivity contribution in [3.8, 4) is 17.6 Å². The molecule has 0 aromatic heterocycles. The highest BCUT2D eigenvalue weighted by Gasteiger charge is 2.42. The fourth-order valence-corrected chi connectivity index (χ4v) is 4.92. The van der Waals surface area contributed by atoms with Crippen molar-refractivity contribution in [3.05, 3.63) is 80.3 Å². The summed E-state index contributed by atoms with van der Waals surface area (Å²) in [5.74, 6) is 0.448. The summed E-state index contributed by atoms with van der Waals surface area (Å²) in [5, 5.41) is 21.8. The number of nitro benzene ring substituents is 1.